The molecule has 18 aromatic rings. The molecule has 472 valence electrons. The molecule has 0 amide bonds. The first-order valence-corrected chi connectivity index (χ1v) is 35.9. The average Bonchev–Trinajstić information content (AvgIpc) is 1.47. The summed E-state index contributed by atoms with van der Waals surface area (Å²) >= 11 is 10.2. The highest BCUT2D eigenvalue weighted by Crippen LogP contribution is 2.40. The van der Waals surface area contributed by atoms with Gasteiger partial charge in [-0.25, -0.2) is 0 Å². The van der Waals surface area contributed by atoms with Crippen LogP contribution >= 0.6 is 54.5 Å². The van der Waals surface area contributed by atoms with Crippen molar-refractivity contribution in [3.8, 4) is 39.3 Å². The Bertz CT molecular complexity index is 5890. The summed E-state index contributed by atoms with van der Waals surface area (Å²) in [4.78, 5) is 26.1. The van der Waals surface area contributed by atoms with E-state index in [1.165, 1.54) is 65.4 Å². The maximum atomic E-state index is 13.8. The summed E-state index contributed by atoms with van der Waals surface area (Å²) in [6, 6.07) is 101. The first-order chi connectivity index (χ1) is 47.7. The minimum atomic E-state index is -0.336. The van der Waals surface area contributed by atoms with Gasteiger partial charge in [0.1, 0.15) is 0 Å². The van der Waals surface area contributed by atoms with Gasteiger partial charge in [0.15, 0.2) is 10.9 Å². The molecule has 0 bridgehead atoms. The third kappa shape index (κ3) is 10.7. The highest BCUT2D eigenvalue weighted by Gasteiger charge is 2.51. The van der Waals surface area contributed by atoms with Crippen molar-refractivity contribution in [1.82, 2.24) is 13.7 Å². The highest BCUT2D eigenvalue weighted by molar-refractivity contribution is 9.10. The van der Waals surface area contributed by atoms with E-state index in [4.69, 9.17) is 9.31 Å². The molecule has 0 saturated carbocycles. The van der Waals surface area contributed by atoms with Crippen LogP contribution in [0.4, 0.5) is 0 Å². The van der Waals surface area contributed by atoms with Crippen molar-refractivity contribution in [3.63, 3.8) is 0 Å². The molecule has 98 heavy (non-hydrogen) atoms. The summed E-state index contributed by atoms with van der Waals surface area (Å²) in [6.45, 7) is 8.33. The Balaban J connectivity index is 0.000000132. The number of hydrogen-bond donors (Lipinski definition) is 0. The Morgan fingerprint density at radius 3 is 0.857 bits per heavy atom. The second kappa shape index (κ2) is 24.5. The van der Waals surface area contributed by atoms with Crippen LogP contribution in [0.2, 0.25) is 0 Å². The fourth-order valence-corrected chi connectivity index (χ4v) is 17.3. The van der Waals surface area contributed by atoms with Crippen molar-refractivity contribution in [2.45, 2.75) is 38.9 Å². The van der Waals surface area contributed by atoms with Crippen LogP contribution in [0.25, 0.3) is 145 Å². The number of nitrogens with zero attached hydrogens (tertiary/aromatic N) is 3. The number of rotatable bonds is 6. The molecule has 13 aromatic carbocycles. The molecule has 5 aromatic heterocycles. The minimum Gasteiger partial charge on any atom is -0.399 e. The largest absolute Gasteiger partial charge is 0.494 e. The first kappa shape index (κ1) is 61.6. The molecule has 0 aliphatic carbocycles. The van der Waals surface area contributed by atoms with Gasteiger partial charge < -0.3 is 23.0 Å². The second-order valence-electron chi connectivity index (χ2n) is 25.9. The molecular formula is C86H60BBr2N3O4S2. The molecule has 0 N–H and O–H groups in total. The molecule has 1 fully saturated rings. The zero-order valence-electron chi connectivity index (χ0n) is 53.8. The highest BCUT2D eigenvalue weighted by atomic mass is 79.9. The molecule has 0 unspecified atom stereocenters. The van der Waals surface area contributed by atoms with Gasteiger partial charge >= 0.3 is 7.12 Å². The SMILES string of the molecule is CC1(C)OB(c2ccc(-n3c4ccccc4c4ccccc43)cc2)OC1(C)C.O=c1c2ccc(-c3ccc(-n4c5ccccc5c5ccccc54)cc3)cc2sc2cc(-c3ccc(-n4c5ccccc5c5ccccc54)cc3)ccc12.O=c1c2ccc(Br)cc2sc2cc(Br)ccc12. The van der Waals surface area contributed by atoms with Crippen LogP contribution in [0.1, 0.15) is 27.7 Å². The van der Waals surface area contributed by atoms with E-state index in [0.29, 0.717) is 0 Å². The Morgan fingerprint density at radius 2 is 0.551 bits per heavy atom. The summed E-state index contributed by atoms with van der Waals surface area (Å²) in [5, 5.41) is 10.6. The number of para-hydroxylation sites is 6. The molecule has 7 nitrogen and oxygen atoms in total. The maximum absolute atomic E-state index is 13.8. The lowest BCUT2D eigenvalue weighted by Crippen LogP contribution is -2.41. The monoisotopic (exact) mass is 1430 g/mol. The predicted octanol–water partition coefficient (Wildman–Crippen LogP) is 23.0. The van der Waals surface area contributed by atoms with Crippen molar-refractivity contribution in [3.05, 3.63) is 321 Å². The summed E-state index contributed by atoms with van der Waals surface area (Å²) < 4.78 is 25.4. The topological polar surface area (TPSA) is 67.4 Å². The molecule has 0 atom stereocenters. The van der Waals surface area contributed by atoms with E-state index in [2.05, 4.69) is 316 Å². The number of fused-ring (bicyclic) bond motifs is 13. The second-order valence-corrected chi connectivity index (χ2v) is 29.9. The normalized spacial score (nSPS) is 13.6. The van der Waals surface area contributed by atoms with Crippen LogP contribution in [0.3, 0.4) is 0 Å². The Labute approximate surface area is 590 Å². The third-order valence-corrected chi connectivity index (χ3v) is 22.8. The quantitative estimate of drug-likeness (QED) is 0.123. The van der Waals surface area contributed by atoms with Gasteiger partial charge in [0.2, 0.25) is 0 Å². The summed E-state index contributed by atoms with van der Waals surface area (Å²) in [7, 11) is -0.336. The Kier molecular flexibility index (Phi) is 15.4. The molecule has 12 heteroatoms. The molecule has 1 saturated heterocycles. The van der Waals surface area contributed by atoms with Crippen LogP contribution in [0, 0.1) is 0 Å². The summed E-state index contributed by atoms with van der Waals surface area (Å²) in [6.07, 6.45) is 0. The van der Waals surface area contributed by atoms with E-state index < -0.39 is 0 Å². The number of hydrogen-bond acceptors (Lipinski definition) is 6. The smallest absolute Gasteiger partial charge is 0.399 e. The van der Waals surface area contributed by atoms with E-state index >= 15 is 0 Å². The summed E-state index contributed by atoms with van der Waals surface area (Å²) in [5.41, 5.74) is 15.6. The molecule has 0 radical (unpaired) electrons. The van der Waals surface area contributed by atoms with Crippen molar-refractivity contribution in [2.75, 3.05) is 0 Å². The molecule has 6 heterocycles. The van der Waals surface area contributed by atoms with Crippen molar-refractivity contribution in [2.24, 2.45) is 0 Å². The van der Waals surface area contributed by atoms with E-state index in [9.17, 15) is 9.59 Å². The first-order valence-electron chi connectivity index (χ1n) is 32.7. The van der Waals surface area contributed by atoms with Gasteiger partial charge in [-0.05, 0) is 189 Å². The maximum Gasteiger partial charge on any atom is 0.494 e. The van der Waals surface area contributed by atoms with Gasteiger partial charge in [-0.2, -0.15) is 0 Å². The lowest BCUT2D eigenvalue weighted by atomic mass is 9.79. The van der Waals surface area contributed by atoms with Crippen LogP contribution in [-0.2, 0) is 9.31 Å². The zero-order valence-corrected chi connectivity index (χ0v) is 58.6. The molecule has 0 spiro atoms. The van der Waals surface area contributed by atoms with Gasteiger partial charge in [-0.15, -0.1) is 22.7 Å². The van der Waals surface area contributed by atoms with Crippen LogP contribution in [0.5, 0.6) is 0 Å². The van der Waals surface area contributed by atoms with Crippen LogP contribution in [-0.4, -0.2) is 32.0 Å². The lowest BCUT2D eigenvalue weighted by molar-refractivity contribution is 0.00578. The van der Waals surface area contributed by atoms with Gasteiger partial charge in [-0.1, -0.05) is 190 Å². The van der Waals surface area contributed by atoms with Gasteiger partial charge in [0, 0.05) is 98.7 Å². The Morgan fingerprint density at radius 1 is 0.296 bits per heavy atom. The number of halogens is 2. The molecular weight excluding hydrogens is 1370 g/mol. The van der Waals surface area contributed by atoms with Crippen LogP contribution in [0.15, 0.2) is 310 Å². The lowest BCUT2D eigenvalue weighted by Gasteiger charge is -2.32. The van der Waals surface area contributed by atoms with E-state index in [1.807, 2.05) is 48.5 Å². The minimum absolute atomic E-state index is 0.0790. The average molecular weight is 1430 g/mol. The van der Waals surface area contributed by atoms with Crippen molar-refractivity contribution in [1.29, 1.82) is 0 Å². The van der Waals surface area contributed by atoms with E-state index in [0.717, 1.165) is 94.1 Å². The van der Waals surface area contributed by atoms with Crippen molar-refractivity contribution < 1.29 is 9.31 Å². The fraction of sp³-hybridized carbons (Fsp3) is 0.0698. The molecule has 1 aliphatic rings. The zero-order chi connectivity index (χ0) is 66.6. The standard InChI is InChI=1S/C49H30N2OS.C24H24BNO2.C13H6Br2OS/c52-49-41-27-21-33(31-17-23-35(24-18-31)50-43-13-5-1-9-37(43)38-10-2-6-14-44(38)50)29-47(41)53-48-30-34(22-28-42(48)49)32-19-25-36(26-20-32)51-45-15-7-3-11-39(45)40-12-4-8-16-46(40)51;1-23(2)24(3,4)28-25(27-23)17-13-15-18(16-14-17)26-21-11-7-5-9-19(21)20-10-6-8-12-22(20)26;14-7-1-3-9-11(5-7)17-12-6-8(15)2-4-10(12)13(9)16/h1-30H;5-16H,1-4H3;1-6H. The van der Waals surface area contributed by atoms with Gasteiger partial charge in [-0.3, -0.25) is 9.59 Å². The summed E-state index contributed by atoms with van der Waals surface area (Å²) in [5.74, 6) is 0. The number of benzene rings is 13. The molecule has 1 aliphatic heterocycles. The molecule has 19 rings (SSSR count). The van der Waals surface area contributed by atoms with Gasteiger partial charge in [0.25, 0.3) is 0 Å². The van der Waals surface area contributed by atoms with E-state index in [-0.39, 0.29) is 29.2 Å². The number of aromatic nitrogens is 3. The fourth-order valence-electron chi connectivity index (χ4n) is 14.0. The Hall–Kier alpha value is -10.0. The van der Waals surface area contributed by atoms with Crippen LogP contribution < -0.4 is 16.3 Å². The van der Waals surface area contributed by atoms with E-state index in [1.54, 1.807) is 22.7 Å². The third-order valence-electron chi connectivity index (χ3n) is 19.6. The predicted molar refractivity (Wildman–Crippen MR) is 423 cm³/mol. The van der Waals surface area contributed by atoms with Crippen molar-refractivity contribution >= 4 is 173 Å². The van der Waals surface area contributed by atoms with Gasteiger partial charge in [0.05, 0.1) is 44.3 Å².